The average Bonchev–Trinajstić information content (AvgIpc) is 3.15. The molecule has 182 valence electrons. The number of aromatic nitrogens is 2. The van der Waals surface area contributed by atoms with Gasteiger partial charge in [0.05, 0.1) is 42.9 Å². The number of halogens is 1. The van der Waals surface area contributed by atoms with Crippen LogP contribution in [0.2, 0.25) is 0 Å². The zero-order chi connectivity index (χ0) is 23.9. The van der Waals surface area contributed by atoms with Gasteiger partial charge in [-0.3, -0.25) is 9.80 Å². The summed E-state index contributed by atoms with van der Waals surface area (Å²) in [4.78, 5) is 28.4. The lowest BCUT2D eigenvalue weighted by atomic mass is 9.69. The van der Waals surface area contributed by atoms with Gasteiger partial charge < -0.3 is 15.0 Å². The number of benzene rings is 1. The molecule has 0 radical (unpaired) electrons. The third-order valence-electron chi connectivity index (χ3n) is 7.86. The van der Waals surface area contributed by atoms with Gasteiger partial charge in [-0.15, -0.1) is 0 Å². The first-order valence-corrected chi connectivity index (χ1v) is 12.0. The van der Waals surface area contributed by atoms with E-state index in [1.807, 2.05) is 13.0 Å². The maximum Gasteiger partial charge on any atom is 0.322 e. The first-order valence-electron chi connectivity index (χ1n) is 12.0. The van der Waals surface area contributed by atoms with Crippen molar-refractivity contribution in [2.75, 3.05) is 56.7 Å². The van der Waals surface area contributed by atoms with Gasteiger partial charge in [-0.1, -0.05) is 12.1 Å². The Morgan fingerprint density at radius 3 is 2.53 bits per heavy atom. The molecule has 3 aliphatic rings. The quantitative estimate of drug-likeness (QED) is 0.744. The Labute approximate surface area is 200 Å². The molecular weight excluding hydrogens is 435 g/mol. The number of hydrogen-bond acceptors (Lipinski definition) is 6. The van der Waals surface area contributed by atoms with E-state index in [1.54, 1.807) is 23.2 Å². The molecule has 2 saturated heterocycles. The Kier molecular flexibility index (Phi) is 5.93. The SMILES string of the molecule is Cc1nc(N2CCOCC2)ncc1N1C[C@]2(CC[C@@](c3cccc(F)c3)(N(C)C)CC2)NC1=O. The molecule has 34 heavy (non-hydrogen) atoms. The lowest BCUT2D eigenvalue weighted by Gasteiger charge is -2.48. The minimum Gasteiger partial charge on any atom is -0.378 e. The van der Waals surface area contributed by atoms with Gasteiger partial charge in [0.2, 0.25) is 5.95 Å². The van der Waals surface area contributed by atoms with Crippen molar-refractivity contribution >= 4 is 17.7 Å². The van der Waals surface area contributed by atoms with Crippen LogP contribution in [0.5, 0.6) is 0 Å². The highest BCUT2D eigenvalue weighted by Crippen LogP contribution is 2.46. The standard InChI is InChI=1S/C25H33FN6O2/c1-18-21(16-27-22(28-18)31-11-13-34-14-12-31)32-17-24(29-23(32)33)7-9-25(10-8-24,30(2)3)19-5-4-6-20(26)15-19/h4-6,15-16H,7-14,17H2,1-3H3,(H,29,33)/t24-,25-. The fraction of sp³-hybridized carbons (Fsp3) is 0.560. The molecule has 2 amide bonds. The van der Waals surface area contributed by atoms with Crippen LogP contribution in [0.25, 0.3) is 0 Å². The van der Waals surface area contributed by atoms with Gasteiger partial charge in [-0.25, -0.2) is 19.2 Å². The molecule has 1 spiro atoms. The van der Waals surface area contributed by atoms with Crippen molar-refractivity contribution in [2.45, 2.75) is 43.7 Å². The summed E-state index contributed by atoms with van der Waals surface area (Å²) in [6.07, 6.45) is 5.07. The van der Waals surface area contributed by atoms with Gasteiger partial charge in [0.15, 0.2) is 0 Å². The molecule has 1 N–H and O–H groups in total. The van der Waals surface area contributed by atoms with Crippen molar-refractivity contribution in [3.63, 3.8) is 0 Å². The van der Waals surface area contributed by atoms with Crippen LogP contribution in [0.3, 0.4) is 0 Å². The highest BCUT2D eigenvalue weighted by atomic mass is 19.1. The van der Waals surface area contributed by atoms with E-state index in [0.717, 1.165) is 55.7 Å². The van der Waals surface area contributed by atoms with Crippen LogP contribution in [0.4, 0.5) is 20.8 Å². The van der Waals surface area contributed by atoms with Crippen LogP contribution < -0.4 is 15.1 Å². The minimum atomic E-state index is -0.306. The van der Waals surface area contributed by atoms with Crippen LogP contribution in [0, 0.1) is 12.7 Å². The fourth-order valence-electron chi connectivity index (χ4n) is 5.73. The molecule has 5 rings (SSSR count). The summed E-state index contributed by atoms with van der Waals surface area (Å²) in [6, 6.07) is 6.82. The number of nitrogens with zero attached hydrogens (tertiary/aromatic N) is 5. The monoisotopic (exact) mass is 468 g/mol. The first-order chi connectivity index (χ1) is 16.3. The number of aryl methyl sites for hydroxylation is 1. The summed E-state index contributed by atoms with van der Waals surface area (Å²) in [5.74, 6) is 0.470. The van der Waals surface area contributed by atoms with Gasteiger partial charge in [-0.05, 0) is 64.4 Å². The molecule has 0 unspecified atom stereocenters. The van der Waals surface area contributed by atoms with E-state index in [4.69, 9.17) is 9.72 Å². The second kappa shape index (κ2) is 8.78. The second-order valence-electron chi connectivity index (χ2n) is 9.97. The van der Waals surface area contributed by atoms with Gasteiger partial charge in [0.1, 0.15) is 5.82 Å². The number of urea groups is 1. The van der Waals surface area contributed by atoms with Crippen LogP contribution in [0.1, 0.15) is 36.9 Å². The molecule has 1 saturated carbocycles. The predicted octanol–water partition coefficient (Wildman–Crippen LogP) is 3.06. The van der Waals surface area contributed by atoms with E-state index in [0.29, 0.717) is 25.7 Å². The Morgan fingerprint density at radius 1 is 1.15 bits per heavy atom. The summed E-state index contributed by atoms with van der Waals surface area (Å²) in [5, 5.41) is 3.27. The van der Waals surface area contributed by atoms with Crippen molar-refractivity contribution in [3.05, 3.63) is 47.5 Å². The second-order valence-corrected chi connectivity index (χ2v) is 9.97. The molecule has 0 atom stereocenters. The van der Waals surface area contributed by atoms with Crippen LogP contribution in [-0.2, 0) is 10.3 Å². The van der Waals surface area contributed by atoms with E-state index in [1.165, 1.54) is 6.07 Å². The van der Waals surface area contributed by atoms with E-state index in [2.05, 4.69) is 34.2 Å². The Morgan fingerprint density at radius 2 is 1.88 bits per heavy atom. The highest BCUT2D eigenvalue weighted by Gasteiger charge is 2.50. The van der Waals surface area contributed by atoms with Crippen molar-refractivity contribution in [3.8, 4) is 0 Å². The fourth-order valence-corrected chi connectivity index (χ4v) is 5.73. The Balaban J connectivity index is 1.33. The smallest absolute Gasteiger partial charge is 0.322 e. The Bertz CT molecular complexity index is 1060. The largest absolute Gasteiger partial charge is 0.378 e. The van der Waals surface area contributed by atoms with E-state index in [9.17, 15) is 9.18 Å². The average molecular weight is 469 g/mol. The number of ether oxygens (including phenoxy) is 1. The van der Waals surface area contributed by atoms with Crippen molar-refractivity contribution in [1.29, 1.82) is 0 Å². The van der Waals surface area contributed by atoms with Crippen molar-refractivity contribution in [2.24, 2.45) is 0 Å². The lowest BCUT2D eigenvalue weighted by Crippen LogP contribution is -2.54. The molecule has 1 aliphatic carbocycles. The number of carbonyl (C=O) groups is 1. The van der Waals surface area contributed by atoms with E-state index in [-0.39, 0.29) is 22.9 Å². The summed E-state index contributed by atoms with van der Waals surface area (Å²) in [5.41, 5.74) is 1.99. The van der Waals surface area contributed by atoms with Crippen LogP contribution in [0.15, 0.2) is 30.5 Å². The van der Waals surface area contributed by atoms with Gasteiger partial charge >= 0.3 is 6.03 Å². The maximum absolute atomic E-state index is 14.0. The molecule has 3 fully saturated rings. The normalized spacial score (nSPS) is 27.5. The molecule has 2 aromatic rings. The van der Waals surface area contributed by atoms with E-state index >= 15 is 0 Å². The summed E-state index contributed by atoms with van der Waals surface area (Å²) in [6.45, 7) is 5.40. The lowest BCUT2D eigenvalue weighted by molar-refractivity contribution is 0.0655. The Hall–Kier alpha value is -2.78. The van der Waals surface area contributed by atoms with Crippen molar-refractivity contribution < 1.29 is 13.9 Å². The molecular formula is C25H33FN6O2. The molecule has 3 heterocycles. The van der Waals surface area contributed by atoms with Gasteiger partial charge in [0.25, 0.3) is 0 Å². The number of hydrogen-bond donors (Lipinski definition) is 1. The summed E-state index contributed by atoms with van der Waals surface area (Å²) in [7, 11) is 4.11. The van der Waals surface area contributed by atoms with Gasteiger partial charge in [-0.2, -0.15) is 0 Å². The topological polar surface area (TPSA) is 73.8 Å². The highest BCUT2D eigenvalue weighted by molar-refractivity contribution is 5.95. The molecule has 0 bridgehead atoms. The number of rotatable bonds is 4. The number of anilines is 2. The van der Waals surface area contributed by atoms with Crippen molar-refractivity contribution in [1.82, 2.24) is 20.2 Å². The zero-order valence-electron chi connectivity index (χ0n) is 20.2. The zero-order valence-corrected chi connectivity index (χ0v) is 20.2. The number of carbonyl (C=O) groups excluding carboxylic acids is 1. The molecule has 8 nitrogen and oxygen atoms in total. The maximum atomic E-state index is 14.0. The van der Waals surface area contributed by atoms with Gasteiger partial charge in [0, 0.05) is 18.6 Å². The number of nitrogens with one attached hydrogen (secondary N) is 1. The van der Waals surface area contributed by atoms with E-state index < -0.39 is 0 Å². The number of morpholine rings is 1. The number of amides is 2. The molecule has 9 heteroatoms. The molecule has 2 aliphatic heterocycles. The van der Waals surface area contributed by atoms with Crippen LogP contribution >= 0.6 is 0 Å². The molecule has 1 aromatic carbocycles. The minimum absolute atomic E-state index is 0.103. The first kappa shape index (κ1) is 23.0. The summed E-state index contributed by atoms with van der Waals surface area (Å²) < 4.78 is 19.4. The summed E-state index contributed by atoms with van der Waals surface area (Å²) >= 11 is 0. The molecule has 1 aromatic heterocycles. The van der Waals surface area contributed by atoms with Crippen LogP contribution in [-0.4, -0.2) is 73.4 Å². The third-order valence-corrected chi connectivity index (χ3v) is 7.86. The third kappa shape index (κ3) is 4.01. The predicted molar refractivity (Wildman–Crippen MR) is 129 cm³/mol.